The van der Waals surface area contributed by atoms with Crippen molar-refractivity contribution in [2.75, 3.05) is 0 Å². The summed E-state index contributed by atoms with van der Waals surface area (Å²) in [4.78, 5) is 23.4. The van der Waals surface area contributed by atoms with E-state index >= 15 is 0 Å². The maximum Gasteiger partial charge on any atom is 0.336 e. The van der Waals surface area contributed by atoms with Crippen LogP contribution in [0.25, 0.3) is 5.52 Å². The fraction of sp³-hybridized carbons (Fsp3) is 0.0714. The van der Waals surface area contributed by atoms with Crippen molar-refractivity contribution in [3.8, 4) is 0 Å². The van der Waals surface area contributed by atoms with Crippen LogP contribution in [-0.2, 0) is 6.54 Å². The van der Waals surface area contributed by atoms with Gasteiger partial charge in [-0.3, -0.25) is 4.79 Å². The van der Waals surface area contributed by atoms with Crippen LogP contribution < -0.4 is 5.56 Å². The highest BCUT2D eigenvalue weighted by Crippen LogP contribution is 2.10. The Morgan fingerprint density at radius 3 is 2.80 bits per heavy atom. The lowest BCUT2D eigenvalue weighted by Crippen LogP contribution is -2.22. The van der Waals surface area contributed by atoms with Gasteiger partial charge in [-0.25, -0.2) is 9.31 Å². The van der Waals surface area contributed by atoms with Gasteiger partial charge in [-0.15, -0.1) is 0 Å². The summed E-state index contributed by atoms with van der Waals surface area (Å²) in [6.45, 7) is 0.211. The van der Waals surface area contributed by atoms with E-state index in [1.807, 2.05) is 0 Å². The number of hydrogen-bond donors (Lipinski definition) is 1. The highest BCUT2D eigenvalue weighted by atomic mass is 16.4. The molecule has 0 saturated carbocycles. The van der Waals surface area contributed by atoms with Crippen LogP contribution >= 0.6 is 0 Å². The summed E-state index contributed by atoms with van der Waals surface area (Å²) < 4.78 is 2.96. The lowest BCUT2D eigenvalue weighted by atomic mass is 10.1. The number of rotatable bonds is 3. The summed E-state index contributed by atoms with van der Waals surface area (Å²) in [5.41, 5.74) is 1.05. The molecule has 3 rings (SSSR count). The Labute approximate surface area is 113 Å². The van der Waals surface area contributed by atoms with Crippen molar-refractivity contribution in [2.24, 2.45) is 0 Å². The third-order valence-corrected chi connectivity index (χ3v) is 3.13. The second kappa shape index (κ2) is 4.65. The van der Waals surface area contributed by atoms with Gasteiger partial charge in [0.25, 0.3) is 5.56 Å². The first kappa shape index (κ1) is 12.2. The highest BCUT2D eigenvalue weighted by Gasteiger charge is 2.10. The lowest BCUT2D eigenvalue weighted by Gasteiger charge is -2.08. The van der Waals surface area contributed by atoms with Crippen molar-refractivity contribution in [1.29, 1.82) is 0 Å². The Bertz CT molecular complexity index is 848. The van der Waals surface area contributed by atoms with E-state index in [4.69, 9.17) is 5.11 Å². The van der Waals surface area contributed by atoms with E-state index in [0.29, 0.717) is 11.1 Å². The van der Waals surface area contributed by atoms with Crippen LogP contribution in [-0.4, -0.2) is 25.3 Å². The molecule has 6 heteroatoms. The first-order chi connectivity index (χ1) is 9.66. The van der Waals surface area contributed by atoms with E-state index in [1.165, 1.54) is 15.1 Å². The zero-order chi connectivity index (χ0) is 14.1. The third kappa shape index (κ3) is 1.97. The summed E-state index contributed by atoms with van der Waals surface area (Å²) >= 11 is 0. The summed E-state index contributed by atoms with van der Waals surface area (Å²) in [7, 11) is 0. The number of carboxylic acid groups (broad SMARTS) is 1. The van der Waals surface area contributed by atoms with E-state index < -0.39 is 5.97 Å². The van der Waals surface area contributed by atoms with Gasteiger partial charge >= 0.3 is 5.97 Å². The first-order valence-corrected chi connectivity index (χ1v) is 6.01. The fourth-order valence-corrected chi connectivity index (χ4v) is 2.14. The van der Waals surface area contributed by atoms with Crippen LogP contribution in [0, 0.1) is 0 Å². The van der Waals surface area contributed by atoms with Crippen LogP contribution in [0.5, 0.6) is 0 Å². The molecular weight excluding hydrogens is 258 g/mol. The van der Waals surface area contributed by atoms with Gasteiger partial charge in [0, 0.05) is 12.4 Å². The lowest BCUT2D eigenvalue weighted by molar-refractivity contribution is 0.0695. The molecule has 1 N–H and O–H groups in total. The standard InChI is InChI=1S/C14H11N3O3/c18-13-12-5-6-15-17(12)8-7-16(13)9-10-3-1-2-4-11(10)14(19)20/h1-8H,9H2,(H,19,20). The molecule has 3 aromatic rings. The molecule has 0 radical (unpaired) electrons. The fourth-order valence-electron chi connectivity index (χ4n) is 2.14. The molecule has 0 unspecified atom stereocenters. The molecular formula is C14H11N3O3. The molecule has 6 nitrogen and oxygen atoms in total. The number of aromatic nitrogens is 3. The smallest absolute Gasteiger partial charge is 0.336 e. The van der Waals surface area contributed by atoms with Crippen molar-refractivity contribution < 1.29 is 9.90 Å². The van der Waals surface area contributed by atoms with E-state index in [2.05, 4.69) is 5.10 Å². The van der Waals surface area contributed by atoms with Crippen molar-refractivity contribution in [3.05, 3.63) is 70.4 Å². The van der Waals surface area contributed by atoms with E-state index in [0.717, 1.165) is 0 Å². The Morgan fingerprint density at radius 1 is 1.20 bits per heavy atom. The number of carboxylic acids is 1. The van der Waals surface area contributed by atoms with Crippen LogP contribution in [0.15, 0.2) is 53.7 Å². The number of aromatic carboxylic acids is 1. The first-order valence-electron chi connectivity index (χ1n) is 6.01. The molecule has 0 aliphatic rings. The molecule has 0 saturated heterocycles. The number of carbonyl (C=O) groups is 1. The van der Waals surface area contributed by atoms with Gasteiger partial charge in [0.15, 0.2) is 0 Å². The summed E-state index contributed by atoms with van der Waals surface area (Å²) in [5, 5.41) is 13.1. The second-order valence-electron chi connectivity index (χ2n) is 4.35. The zero-order valence-electron chi connectivity index (χ0n) is 10.4. The number of hydrogen-bond acceptors (Lipinski definition) is 3. The Morgan fingerprint density at radius 2 is 2.00 bits per heavy atom. The van der Waals surface area contributed by atoms with Crippen LogP contribution in [0.2, 0.25) is 0 Å². The summed E-state index contributed by atoms with van der Waals surface area (Å²) in [6.07, 6.45) is 4.81. The maximum atomic E-state index is 12.2. The normalized spacial score (nSPS) is 10.8. The second-order valence-corrected chi connectivity index (χ2v) is 4.35. The van der Waals surface area contributed by atoms with Crippen molar-refractivity contribution >= 4 is 11.5 Å². The number of fused-ring (bicyclic) bond motifs is 1. The van der Waals surface area contributed by atoms with Crippen molar-refractivity contribution in [2.45, 2.75) is 6.54 Å². The van der Waals surface area contributed by atoms with Crippen LogP contribution in [0.1, 0.15) is 15.9 Å². The molecule has 2 aromatic heterocycles. The molecule has 0 spiro atoms. The predicted octanol–water partition coefficient (Wildman–Crippen LogP) is 1.24. The quantitative estimate of drug-likeness (QED) is 0.776. The SMILES string of the molecule is O=C(O)c1ccccc1Cn1ccn2nccc2c1=O. The molecule has 0 bridgehead atoms. The minimum absolute atomic E-state index is 0.202. The van der Waals surface area contributed by atoms with E-state index in [1.54, 1.807) is 42.9 Å². The van der Waals surface area contributed by atoms with Gasteiger partial charge in [0.1, 0.15) is 5.52 Å². The molecule has 0 aliphatic carbocycles. The number of nitrogens with zero attached hydrogens (tertiary/aromatic N) is 3. The molecule has 2 heterocycles. The maximum absolute atomic E-state index is 12.2. The van der Waals surface area contributed by atoms with Gasteiger partial charge in [0.2, 0.25) is 0 Å². The Hall–Kier alpha value is -2.89. The third-order valence-electron chi connectivity index (χ3n) is 3.13. The van der Waals surface area contributed by atoms with Gasteiger partial charge < -0.3 is 9.67 Å². The number of benzene rings is 1. The largest absolute Gasteiger partial charge is 0.478 e. The highest BCUT2D eigenvalue weighted by molar-refractivity contribution is 5.89. The monoisotopic (exact) mass is 269 g/mol. The van der Waals surface area contributed by atoms with Gasteiger partial charge in [-0.1, -0.05) is 18.2 Å². The molecule has 0 aliphatic heterocycles. The Kier molecular flexibility index (Phi) is 2.83. The van der Waals surface area contributed by atoms with Gasteiger partial charge in [0.05, 0.1) is 18.3 Å². The average molecular weight is 269 g/mol. The average Bonchev–Trinajstić information content (AvgIpc) is 2.91. The van der Waals surface area contributed by atoms with Gasteiger partial charge in [-0.05, 0) is 17.7 Å². The molecule has 0 amide bonds. The predicted molar refractivity (Wildman–Crippen MR) is 72.0 cm³/mol. The minimum Gasteiger partial charge on any atom is -0.478 e. The summed E-state index contributed by atoms with van der Waals surface area (Å²) in [6, 6.07) is 8.28. The molecule has 0 fully saturated rings. The summed E-state index contributed by atoms with van der Waals surface area (Å²) in [5.74, 6) is -1.00. The molecule has 100 valence electrons. The van der Waals surface area contributed by atoms with Crippen LogP contribution in [0.4, 0.5) is 0 Å². The van der Waals surface area contributed by atoms with Crippen molar-refractivity contribution in [3.63, 3.8) is 0 Å². The molecule has 1 aromatic carbocycles. The minimum atomic E-state index is -1.00. The van der Waals surface area contributed by atoms with E-state index in [-0.39, 0.29) is 17.7 Å². The molecule has 20 heavy (non-hydrogen) atoms. The van der Waals surface area contributed by atoms with Crippen molar-refractivity contribution in [1.82, 2.24) is 14.2 Å². The van der Waals surface area contributed by atoms with E-state index in [9.17, 15) is 9.59 Å². The Balaban J connectivity index is 2.08. The van der Waals surface area contributed by atoms with Crippen LogP contribution in [0.3, 0.4) is 0 Å². The zero-order valence-corrected chi connectivity index (χ0v) is 10.4. The van der Waals surface area contributed by atoms with Gasteiger partial charge in [-0.2, -0.15) is 5.10 Å². The topological polar surface area (TPSA) is 76.6 Å². The molecule has 0 atom stereocenters.